The molecule has 20 heavy (non-hydrogen) atoms. The molecular weight excluding hydrogens is 252 g/mol. The smallest absolute Gasteiger partial charge is 0.223 e. The fourth-order valence-electron chi connectivity index (χ4n) is 3.00. The molecule has 0 aromatic carbocycles. The van der Waals surface area contributed by atoms with Gasteiger partial charge in [-0.1, -0.05) is 12.2 Å². The maximum atomic E-state index is 12.2. The number of amides is 1. The van der Waals surface area contributed by atoms with Crippen LogP contribution in [0.5, 0.6) is 0 Å². The second kappa shape index (κ2) is 6.27. The third-order valence-electron chi connectivity index (χ3n) is 4.23. The van der Waals surface area contributed by atoms with Crippen LogP contribution in [0.25, 0.3) is 0 Å². The van der Waals surface area contributed by atoms with Crippen molar-refractivity contribution < 1.29 is 9.21 Å². The van der Waals surface area contributed by atoms with Crippen molar-refractivity contribution in [1.82, 2.24) is 9.80 Å². The van der Waals surface area contributed by atoms with Gasteiger partial charge in [-0.15, -0.1) is 0 Å². The van der Waals surface area contributed by atoms with Gasteiger partial charge in [0.1, 0.15) is 5.76 Å². The standard InChI is InChI=1S/C16H22N2O2/c19-16(12-14-4-1-2-5-14)18-9-7-17(8-10-18)13-15-6-3-11-20-15/h1,3-4,6,11,14H,2,5,7-10,12-13H2. The van der Waals surface area contributed by atoms with Gasteiger partial charge in [0.2, 0.25) is 5.91 Å². The van der Waals surface area contributed by atoms with E-state index < -0.39 is 0 Å². The van der Waals surface area contributed by atoms with Crippen LogP contribution < -0.4 is 0 Å². The molecule has 0 bridgehead atoms. The van der Waals surface area contributed by atoms with E-state index in [4.69, 9.17) is 4.42 Å². The highest BCUT2D eigenvalue weighted by atomic mass is 16.3. The van der Waals surface area contributed by atoms with Crippen molar-refractivity contribution in [3.8, 4) is 0 Å². The molecule has 4 heteroatoms. The van der Waals surface area contributed by atoms with Crippen molar-refractivity contribution in [2.45, 2.75) is 25.8 Å². The minimum atomic E-state index is 0.319. The van der Waals surface area contributed by atoms with E-state index in [2.05, 4.69) is 17.1 Å². The third kappa shape index (κ3) is 3.31. The summed E-state index contributed by atoms with van der Waals surface area (Å²) in [6, 6.07) is 3.92. The van der Waals surface area contributed by atoms with Gasteiger partial charge in [0, 0.05) is 32.6 Å². The number of allylic oxidation sites excluding steroid dienone is 2. The number of carbonyl (C=O) groups excluding carboxylic acids is 1. The number of hydrogen-bond acceptors (Lipinski definition) is 3. The number of nitrogens with zero attached hydrogens (tertiary/aromatic N) is 2. The lowest BCUT2D eigenvalue weighted by molar-refractivity contribution is -0.133. The summed E-state index contributed by atoms with van der Waals surface area (Å²) in [5, 5.41) is 0. The van der Waals surface area contributed by atoms with Gasteiger partial charge in [0.25, 0.3) is 0 Å². The van der Waals surface area contributed by atoms with Crippen molar-refractivity contribution in [2.75, 3.05) is 26.2 Å². The summed E-state index contributed by atoms with van der Waals surface area (Å²) in [6.07, 6.45) is 9.07. The predicted octanol–water partition coefficient (Wildman–Crippen LogP) is 2.28. The Labute approximate surface area is 120 Å². The van der Waals surface area contributed by atoms with Gasteiger partial charge >= 0.3 is 0 Å². The van der Waals surface area contributed by atoms with Gasteiger partial charge in [-0.25, -0.2) is 0 Å². The van der Waals surface area contributed by atoms with Crippen LogP contribution >= 0.6 is 0 Å². The number of hydrogen-bond donors (Lipinski definition) is 0. The molecule has 0 spiro atoms. The van der Waals surface area contributed by atoms with Crippen LogP contribution in [0.1, 0.15) is 25.0 Å². The second-order valence-electron chi connectivity index (χ2n) is 5.71. The van der Waals surface area contributed by atoms with Crippen LogP contribution in [0.4, 0.5) is 0 Å². The van der Waals surface area contributed by atoms with Crippen LogP contribution in [0.2, 0.25) is 0 Å². The molecule has 4 nitrogen and oxygen atoms in total. The number of furan rings is 1. The van der Waals surface area contributed by atoms with E-state index >= 15 is 0 Å². The number of piperazine rings is 1. The van der Waals surface area contributed by atoms with Crippen molar-refractivity contribution in [2.24, 2.45) is 5.92 Å². The third-order valence-corrected chi connectivity index (χ3v) is 4.23. The van der Waals surface area contributed by atoms with E-state index in [0.29, 0.717) is 18.2 Å². The SMILES string of the molecule is O=C(CC1C=CCC1)N1CCN(Cc2ccco2)CC1. The molecular formula is C16H22N2O2. The average Bonchev–Trinajstić information content (AvgIpc) is 3.13. The fourth-order valence-corrected chi connectivity index (χ4v) is 3.00. The Morgan fingerprint density at radius 2 is 2.15 bits per heavy atom. The first kappa shape index (κ1) is 13.4. The normalized spacial score (nSPS) is 23.4. The summed E-state index contributed by atoms with van der Waals surface area (Å²) in [4.78, 5) is 16.6. The Hall–Kier alpha value is -1.55. The first-order chi connectivity index (χ1) is 9.81. The minimum absolute atomic E-state index is 0.319. The predicted molar refractivity (Wildman–Crippen MR) is 77.0 cm³/mol. The lowest BCUT2D eigenvalue weighted by Gasteiger charge is -2.34. The first-order valence-electron chi connectivity index (χ1n) is 7.50. The topological polar surface area (TPSA) is 36.7 Å². The molecule has 1 aliphatic carbocycles. The van der Waals surface area contributed by atoms with Gasteiger partial charge in [-0.2, -0.15) is 0 Å². The van der Waals surface area contributed by atoms with Crippen molar-refractivity contribution in [1.29, 1.82) is 0 Å². The zero-order valence-corrected chi connectivity index (χ0v) is 11.8. The zero-order chi connectivity index (χ0) is 13.8. The maximum absolute atomic E-state index is 12.2. The molecule has 2 heterocycles. The summed E-state index contributed by atoms with van der Waals surface area (Å²) in [5.41, 5.74) is 0. The van der Waals surface area contributed by atoms with E-state index in [1.54, 1.807) is 6.26 Å². The Morgan fingerprint density at radius 1 is 1.30 bits per heavy atom. The van der Waals surface area contributed by atoms with Gasteiger partial charge < -0.3 is 9.32 Å². The number of carbonyl (C=O) groups is 1. The molecule has 2 aliphatic rings. The highest BCUT2D eigenvalue weighted by Crippen LogP contribution is 2.21. The molecule has 0 saturated carbocycles. The average molecular weight is 274 g/mol. The molecule has 1 saturated heterocycles. The summed E-state index contributed by atoms with van der Waals surface area (Å²) in [5.74, 6) is 1.80. The summed E-state index contributed by atoms with van der Waals surface area (Å²) in [6.45, 7) is 4.41. The zero-order valence-electron chi connectivity index (χ0n) is 11.8. The Kier molecular flexibility index (Phi) is 4.21. The Balaban J connectivity index is 1.43. The summed E-state index contributed by atoms with van der Waals surface area (Å²) >= 11 is 0. The van der Waals surface area contributed by atoms with Crippen LogP contribution in [0.15, 0.2) is 35.0 Å². The molecule has 1 aromatic heterocycles. The van der Waals surface area contributed by atoms with Crippen LogP contribution in [-0.4, -0.2) is 41.9 Å². The van der Waals surface area contributed by atoms with Gasteiger partial charge in [0.15, 0.2) is 0 Å². The molecule has 108 valence electrons. The van der Waals surface area contributed by atoms with Crippen LogP contribution in [-0.2, 0) is 11.3 Å². The lowest BCUT2D eigenvalue weighted by Crippen LogP contribution is -2.48. The van der Waals surface area contributed by atoms with E-state index in [0.717, 1.165) is 51.3 Å². The molecule has 0 N–H and O–H groups in total. The molecule has 1 amide bonds. The van der Waals surface area contributed by atoms with Crippen molar-refractivity contribution in [3.05, 3.63) is 36.3 Å². The quantitative estimate of drug-likeness (QED) is 0.790. The summed E-state index contributed by atoms with van der Waals surface area (Å²) < 4.78 is 5.37. The molecule has 1 atom stereocenters. The monoisotopic (exact) mass is 274 g/mol. The van der Waals surface area contributed by atoms with Crippen molar-refractivity contribution >= 4 is 5.91 Å². The molecule has 1 fully saturated rings. The molecule has 1 unspecified atom stereocenters. The first-order valence-corrected chi connectivity index (χ1v) is 7.50. The Bertz CT molecular complexity index is 459. The largest absolute Gasteiger partial charge is 0.468 e. The number of rotatable bonds is 4. The molecule has 1 aliphatic heterocycles. The van der Waals surface area contributed by atoms with Crippen LogP contribution in [0, 0.1) is 5.92 Å². The van der Waals surface area contributed by atoms with E-state index in [1.165, 1.54) is 0 Å². The van der Waals surface area contributed by atoms with Crippen LogP contribution in [0.3, 0.4) is 0 Å². The van der Waals surface area contributed by atoms with E-state index in [-0.39, 0.29) is 0 Å². The molecule has 3 rings (SSSR count). The highest BCUT2D eigenvalue weighted by molar-refractivity contribution is 5.76. The van der Waals surface area contributed by atoms with Gasteiger partial charge in [-0.3, -0.25) is 9.69 Å². The second-order valence-corrected chi connectivity index (χ2v) is 5.71. The fraction of sp³-hybridized carbons (Fsp3) is 0.562. The van der Waals surface area contributed by atoms with E-state index in [1.807, 2.05) is 17.0 Å². The minimum Gasteiger partial charge on any atom is -0.468 e. The highest BCUT2D eigenvalue weighted by Gasteiger charge is 2.23. The van der Waals surface area contributed by atoms with Crippen molar-refractivity contribution in [3.63, 3.8) is 0 Å². The van der Waals surface area contributed by atoms with Gasteiger partial charge in [0.05, 0.1) is 12.8 Å². The van der Waals surface area contributed by atoms with E-state index in [9.17, 15) is 4.79 Å². The maximum Gasteiger partial charge on any atom is 0.223 e. The molecule has 1 aromatic rings. The van der Waals surface area contributed by atoms with Gasteiger partial charge in [-0.05, 0) is 30.9 Å². The lowest BCUT2D eigenvalue weighted by atomic mass is 10.0. The molecule has 0 radical (unpaired) electrons. The Morgan fingerprint density at radius 3 is 2.80 bits per heavy atom. The summed E-state index contributed by atoms with van der Waals surface area (Å²) in [7, 11) is 0.